The Morgan fingerprint density at radius 3 is 2.20 bits per heavy atom. The molecule has 0 radical (unpaired) electrons. The molecule has 0 heterocycles. The van der Waals surface area contributed by atoms with Gasteiger partial charge in [0, 0.05) is 24.6 Å². The number of amides is 2. The van der Waals surface area contributed by atoms with Gasteiger partial charge in [-0.05, 0) is 36.0 Å². The number of rotatable bonds is 4. The zero-order chi connectivity index (χ0) is 15.3. The maximum absolute atomic E-state index is 12.1. The molecule has 0 aromatic heterocycles. The van der Waals surface area contributed by atoms with Crippen molar-refractivity contribution in [3.8, 4) is 0 Å². The van der Waals surface area contributed by atoms with Crippen molar-refractivity contribution < 1.29 is 22.8 Å². The van der Waals surface area contributed by atoms with Crippen LogP contribution in [-0.4, -0.2) is 42.9 Å². The Bertz CT molecular complexity index is 486. The van der Waals surface area contributed by atoms with Crippen LogP contribution in [0.1, 0.15) is 10.4 Å². The standard InChI is InChI=1S/C12H13F3N2O2S/c1-17(2)10(18)7-16-11(19)8-3-5-9(6-4-8)20-12(13,14)15/h3-6H,7H2,1-2H3,(H,16,19). The molecule has 0 atom stereocenters. The fourth-order valence-corrected chi connectivity index (χ4v) is 1.76. The summed E-state index contributed by atoms with van der Waals surface area (Å²) in [6, 6.07) is 4.98. The second-order valence-corrected chi connectivity index (χ2v) is 5.18. The van der Waals surface area contributed by atoms with E-state index in [1.807, 2.05) is 0 Å². The number of carbonyl (C=O) groups is 2. The predicted molar refractivity (Wildman–Crippen MR) is 69.4 cm³/mol. The molecule has 0 saturated heterocycles. The summed E-state index contributed by atoms with van der Waals surface area (Å²) in [7, 11) is 3.11. The normalized spacial score (nSPS) is 11.1. The summed E-state index contributed by atoms with van der Waals surface area (Å²) in [5.74, 6) is -0.786. The molecule has 1 N–H and O–H groups in total. The van der Waals surface area contributed by atoms with Crippen LogP contribution in [0.4, 0.5) is 13.2 Å². The number of nitrogens with one attached hydrogen (secondary N) is 1. The minimum Gasteiger partial charge on any atom is -0.347 e. The van der Waals surface area contributed by atoms with Crippen LogP contribution in [0.2, 0.25) is 0 Å². The lowest BCUT2D eigenvalue weighted by Gasteiger charge is -2.11. The molecule has 0 fully saturated rings. The van der Waals surface area contributed by atoms with Crippen molar-refractivity contribution in [2.24, 2.45) is 0 Å². The van der Waals surface area contributed by atoms with Crippen LogP contribution in [0.25, 0.3) is 0 Å². The SMILES string of the molecule is CN(C)C(=O)CNC(=O)c1ccc(SC(F)(F)F)cc1. The van der Waals surface area contributed by atoms with Crippen molar-refractivity contribution in [3.63, 3.8) is 0 Å². The van der Waals surface area contributed by atoms with Crippen LogP contribution in [-0.2, 0) is 4.79 Å². The fourth-order valence-electron chi connectivity index (χ4n) is 1.22. The van der Waals surface area contributed by atoms with E-state index < -0.39 is 11.4 Å². The topological polar surface area (TPSA) is 49.4 Å². The molecule has 0 aliphatic heterocycles. The molecular formula is C12H13F3N2O2S. The first kappa shape index (κ1) is 16.4. The molecule has 8 heteroatoms. The minimum atomic E-state index is -4.36. The monoisotopic (exact) mass is 306 g/mol. The summed E-state index contributed by atoms with van der Waals surface area (Å²) in [4.78, 5) is 24.3. The smallest absolute Gasteiger partial charge is 0.347 e. The quantitative estimate of drug-likeness (QED) is 0.867. The Labute approximate surface area is 118 Å². The number of likely N-dealkylation sites (N-methyl/N-ethyl adjacent to an activating group) is 1. The Hall–Kier alpha value is -1.70. The van der Waals surface area contributed by atoms with Crippen LogP contribution < -0.4 is 5.32 Å². The van der Waals surface area contributed by atoms with Crippen molar-refractivity contribution in [1.29, 1.82) is 0 Å². The van der Waals surface area contributed by atoms with E-state index in [2.05, 4.69) is 5.32 Å². The van der Waals surface area contributed by atoms with Crippen molar-refractivity contribution in [1.82, 2.24) is 10.2 Å². The van der Waals surface area contributed by atoms with E-state index in [-0.39, 0.29) is 34.7 Å². The Balaban J connectivity index is 2.60. The van der Waals surface area contributed by atoms with Crippen LogP contribution in [0.3, 0.4) is 0 Å². The third kappa shape index (κ3) is 5.52. The van der Waals surface area contributed by atoms with Gasteiger partial charge in [0.15, 0.2) is 0 Å². The number of carbonyl (C=O) groups excluding carboxylic acids is 2. The largest absolute Gasteiger partial charge is 0.446 e. The number of halogens is 3. The predicted octanol–water partition coefficient (Wildman–Crippen LogP) is 2.12. The van der Waals surface area contributed by atoms with Gasteiger partial charge in [-0.2, -0.15) is 13.2 Å². The molecule has 0 unspecified atom stereocenters. The van der Waals surface area contributed by atoms with E-state index in [4.69, 9.17) is 0 Å². The molecule has 1 aromatic carbocycles. The molecule has 0 saturated carbocycles. The maximum atomic E-state index is 12.1. The molecule has 20 heavy (non-hydrogen) atoms. The van der Waals surface area contributed by atoms with Gasteiger partial charge in [-0.3, -0.25) is 9.59 Å². The minimum absolute atomic E-state index is 0.00146. The number of nitrogens with zero attached hydrogens (tertiary/aromatic N) is 1. The zero-order valence-corrected chi connectivity index (χ0v) is 11.6. The van der Waals surface area contributed by atoms with Crippen molar-refractivity contribution >= 4 is 23.6 Å². The highest BCUT2D eigenvalue weighted by Gasteiger charge is 2.29. The fraction of sp³-hybridized carbons (Fsp3) is 0.333. The lowest BCUT2D eigenvalue weighted by Crippen LogP contribution is -2.36. The maximum Gasteiger partial charge on any atom is 0.446 e. The van der Waals surface area contributed by atoms with E-state index in [0.717, 1.165) is 0 Å². The van der Waals surface area contributed by atoms with Crippen molar-refractivity contribution in [2.45, 2.75) is 10.4 Å². The molecule has 1 rings (SSSR count). The highest BCUT2D eigenvalue weighted by molar-refractivity contribution is 8.00. The number of benzene rings is 1. The molecule has 1 aromatic rings. The lowest BCUT2D eigenvalue weighted by molar-refractivity contribution is -0.127. The van der Waals surface area contributed by atoms with Crippen LogP contribution in [0, 0.1) is 0 Å². The molecule has 2 amide bonds. The first-order valence-corrected chi connectivity index (χ1v) is 6.35. The highest BCUT2D eigenvalue weighted by atomic mass is 32.2. The molecule has 4 nitrogen and oxygen atoms in total. The van der Waals surface area contributed by atoms with Gasteiger partial charge in [0.1, 0.15) is 0 Å². The molecule has 110 valence electrons. The van der Waals surface area contributed by atoms with Crippen molar-refractivity contribution in [3.05, 3.63) is 29.8 Å². The van der Waals surface area contributed by atoms with Gasteiger partial charge < -0.3 is 10.2 Å². The van der Waals surface area contributed by atoms with Gasteiger partial charge in [-0.25, -0.2) is 0 Å². The molecule has 0 bridgehead atoms. The molecule has 0 spiro atoms. The summed E-state index contributed by atoms with van der Waals surface area (Å²) in [5, 5.41) is 2.39. The number of alkyl halides is 3. The third-order valence-electron chi connectivity index (χ3n) is 2.25. The van der Waals surface area contributed by atoms with Gasteiger partial charge in [0.2, 0.25) is 5.91 Å². The van der Waals surface area contributed by atoms with Crippen LogP contribution in [0.5, 0.6) is 0 Å². The second-order valence-electron chi connectivity index (χ2n) is 4.04. The van der Waals surface area contributed by atoms with E-state index in [1.165, 1.54) is 29.2 Å². The lowest BCUT2D eigenvalue weighted by atomic mass is 10.2. The molecular weight excluding hydrogens is 293 g/mol. The summed E-state index contributed by atoms with van der Waals surface area (Å²) in [5.41, 5.74) is -4.16. The van der Waals surface area contributed by atoms with Gasteiger partial charge in [0.05, 0.1) is 6.54 Å². The molecule has 0 aliphatic rings. The highest BCUT2D eigenvalue weighted by Crippen LogP contribution is 2.36. The Morgan fingerprint density at radius 2 is 1.75 bits per heavy atom. The van der Waals surface area contributed by atoms with E-state index in [0.29, 0.717) is 0 Å². The van der Waals surface area contributed by atoms with E-state index in [9.17, 15) is 22.8 Å². The van der Waals surface area contributed by atoms with Gasteiger partial charge in [0.25, 0.3) is 5.91 Å². The van der Waals surface area contributed by atoms with Crippen LogP contribution >= 0.6 is 11.8 Å². The van der Waals surface area contributed by atoms with Gasteiger partial charge in [-0.15, -0.1) is 0 Å². The summed E-state index contributed by atoms with van der Waals surface area (Å²) in [6.07, 6.45) is 0. The summed E-state index contributed by atoms with van der Waals surface area (Å²) < 4.78 is 36.4. The zero-order valence-electron chi connectivity index (χ0n) is 10.8. The average molecular weight is 306 g/mol. The van der Waals surface area contributed by atoms with Crippen molar-refractivity contribution in [2.75, 3.05) is 20.6 Å². The first-order valence-electron chi connectivity index (χ1n) is 5.53. The average Bonchev–Trinajstić information content (AvgIpc) is 2.34. The number of hydrogen-bond donors (Lipinski definition) is 1. The van der Waals surface area contributed by atoms with Gasteiger partial charge in [-0.1, -0.05) is 0 Å². The Kier molecular flexibility index (Phi) is 5.43. The first-order chi connectivity index (χ1) is 9.19. The van der Waals surface area contributed by atoms with Crippen LogP contribution in [0.15, 0.2) is 29.2 Å². The van der Waals surface area contributed by atoms with E-state index >= 15 is 0 Å². The van der Waals surface area contributed by atoms with Gasteiger partial charge >= 0.3 is 5.51 Å². The second kappa shape index (κ2) is 6.65. The number of thioether (sulfide) groups is 1. The molecule has 0 aliphatic carbocycles. The summed E-state index contributed by atoms with van der Waals surface area (Å²) >= 11 is -0.249. The van der Waals surface area contributed by atoms with E-state index in [1.54, 1.807) is 14.1 Å². The Morgan fingerprint density at radius 1 is 1.20 bits per heavy atom. The third-order valence-corrected chi connectivity index (χ3v) is 2.99. The number of hydrogen-bond acceptors (Lipinski definition) is 3. The summed E-state index contributed by atoms with van der Waals surface area (Å²) in [6.45, 7) is -0.162.